The van der Waals surface area contributed by atoms with E-state index in [0.29, 0.717) is 11.1 Å². The Labute approximate surface area is 199 Å². The van der Waals surface area contributed by atoms with Crippen LogP contribution in [0.15, 0.2) is 48.5 Å². The Balaban J connectivity index is 1.52. The fourth-order valence-electron chi connectivity index (χ4n) is 4.07. The average molecular weight is 478 g/mol. The highest BCUT2D eigenvalue weighted by molar-refractivity contribution is 7.23. The van der Waals surface area contributed by atoms with Gasteiger partial charge in [0.1, 0.15) is 10.0 Å². The minimum absolute atomic E-state index is 0.209. The van der Waals surface area contributed by atoms with E-state index in [-0.39, 0.29) is 5.91 Å². The smallest absolute Gasteiger partial charge is 0.337 e. The van der Waals surface area contributed by atoms with Gasteiger partial charge in [0.15, 0.2) is 0 Å². The van der Waals surface area contributed by atoms with Crippen LogP contribution < -0.4 is 5.32 Å². The first kappa shape index (κ1) is 21.8. The third-order valence-corrected chi connectivity index (χ3v) is 8.07. The Morgan fingerprint density at radius 3 is 2.58 bits per heavy atom. The highest BCUT2D eigenvalue weighted by Gasteiger charge is 2.27. The molecule has 0 atom stereocenters. The van der Waals surface area contributed by atoms with Gasteiger partial charge in [0.2, 0.25) is 0 Å². The van der Waals surface area contributed by atoms with E-state index in [1.165, 1.54) is 17.6 Å². The Morgan fingerprint density at radius 2 is 1.85 bits per heavy atom. The largest absolute Gasteiger partial charge is 0.465 e. The zero-order chi connectivity index (χ0) is 22.9. The number of rotatable bonds is 5. The maximum atomic E-state index is 13.1. The number of hydrogen-bond acceptors (Lipinski definition) is 7. The van der Waals surface area contributed by atoms with Gasteiger partial charge in [-0.3, -0.25) is 9.69 Å². The van der Waals surface area contributed by atoms with Gasteiger partial charge in [0.05, 0.1) is 22.9 Å². The number of carbonyl (C=O) groups excluding carboxylic acids is 2. The number of methoxy groups -OCH3 is 1. The number of fused-ring (bicyclic) bond motifs is 2. The van der Waals surface area contributed by atoms with Crippen molar-refractivity contribution < 1.29 is 14.3 Å². The number of ether oxygens (including phenoxy) is 1. The molecule has 0 radical (unpaired) electrons. The van der Waals surface area contributed by atoms with Crippen LogP contribution in [-0.4, -0.2) is 42.0 Å². The third kappa shape index (κ3) is 4.17. The van der Waals surface area contributed by atoms with Crippen LogP contribution in [0.3, 0.4) is 0 Å². The Bertz CT molecular complexity index is 1310. The van der Waals surface area contributed by atoms with Gasteiger partial charge in [0, 0.05) is 29.1 Å². The quantitative estimate of drug-likeness (QED) is 0.388. The second-order valence-electron chi connectivity index (χ2n) is 7.84. The molecule has 8 heteroatoms. The second-order valence-corrected chi connectivity index (χ2v) is 9.97. The van der Waals surface area contributed by atoms with Crippen molar-refractivity contribution in [1.29, 1.82) is 0 Å². The van der Waals surface area contributed by atoms with Crippen molar-refractivity contribution in [2.75, 3.05) is 25.5 Å². The first-order chi connectivity index (χ1) is 16.1. The molecule has 168 valence electrons. The summed E-state index contributed by atoms with van der Waals surface area (Å²) in [4.78, 5) is 33.4. The van der Waals surface area contributed by atoms with Gasteiger partial charge in [-0.05, 0) is 54.9 Å². The number of anilines is 1. The fraction of sp³-hybridized carbons (Fsp3) is 0.240. The number of carbonyl (C=O) groups is 2. The number of aromatic nitrogens is 1. The standard InChI is InChI=1S/C25H23N3O3S2/c1-3-28-13-12-17-20(14-28)33-24(21(17)23-26-18-6-4-5-7-19(18)32-23)27-22(29)15-8-10-16(11-9-15)25(30)31-2/h4-11H,3,12-14H2,1-2H3,(H,27,29). The van der Waals surface area contributed by atoms with E-state index >= 15 is 0 Å². The maximum absolute atomic E-state index is 13.1. The lowest BCUT2D eigenvalue weighted by atomic mass is 10.0. The highest BCUT2D eigenvalue weighted by atomic mass is 32.1. The minimum atomic E-state index is -0.425. The molecule has 2 aromatic carbocycles. The first-order valence-electron chi connectivity index (χ1n) is 10.8. The zero-order valence-corrected chi connectivity index (χ0v) is 20.0. The summed E-state index contributed by atoms with van der Waals surface area (Å²) in [6.07, 6.45) is 0.939. The summed E-state index contributed by atoms with van der Waals surface area (Å²) in [6.45, 7) is 5.06. The molecule has 0 fully saturated rings. The van der Waals surface area contributed by atoms with Gasteiger partial charge >= 0.3 is 5.97 Å². The van der Waals surface area contributed by atoms with Gasteiger partial charge in [0.25, 0.3) is 5.91 Å². The van der Waals surface area contributed by atoms with Crippen LogP contribution in [0, 0.1) is 0 Å². The monoisotopic (exact) mass is 477 g/mol. The van der Waals surface area contributed by atoms with Crippen LogP contribution in [0.1, 0.15) is 38.1 Å². The van der Waals surface area contributed by atoms with Crippen molar-refractivity contribution >= 4 is 49.8 Å². The van der Waals surface area contributed by atoms with Gasteiger partial charge in [-0.15, -0.1) is 22.7 Å². The normalized spacial score (nSPS) is 13.6. The molecular weight excluding hydrogens is 454 g/mol. The summed E-state index contributed by atoms with van der Waals surface area (Å²) in [5.41, 5.74) is 4.21. The Kier molecular flexibility index (Phi) is 5.97. The third-order valence-electron chi connectivity index (χ3n) is 5.89. The molecule has 33 heavy (non-hydrogen) atoms. The molecule has 0 aliphatic carbocycles. The van der Waals surface area contributed by atoms with Crippen molar-refractivity contribution in [1.82, 2.24) is 9.88 Å². The predicted octanol–water partition coefficient (Wildman–Crippen LogP) is 5.44. The number of nitrogens with zero attached hydrogens (tertiary/aromatic N) is 2. The molecule has 0 unspecified atom stereocenters. The molecule has 1 N–H and O–H groups in total. The van der Waals surface area contributed by atoms with E-state index < -0.39 is 5.97 Å². The van der Waals surface area contributed by atoms with E-state index in [1.807, 2.05) is 18.2 Å². The molecule has 1 amide bonds. The van der Waals surface area contributed by atoms with Crippen molar-refractivity contribution in [2.45, 2.75) is 19.9 Å². The lowest BCUT2D eigenvalue weighted by molar-refractivity contribution is 0.0600. The summed E-state index contributed by atoms with van der Waals surface area (Å²) >= 11 is 3.30. The number of thiazole rings is 1. The molecule has 3 heterocycles. The van der Waals surface area contributed by atoms with Crippen LogP contribution in [-0.2, 0) is 17.7 Å². The van der Waals surface area contributed by atoms with Crippen LogP contribution in [0.2, 0.25) is 0 Å². The predicted molar refractivity (Wildman–Crippen MR) is 133 cm³/mol. The topological polar surface area (TPSA) is 71.5 Å². The number of likely N-dealkylation sites (N-methyl/N-ethyl adjacent to an activating group) is 1. The molecule has 1 aliphatic heterocycles. The van der Waals surface area contributed by atoms with Crippen LogP contribution in [0.5, 0.6) is 0 Å². The molecule has 2 aromatic heterocycles. The van der Waals surface area contributed by atoms with Crippen LogP contribution in [0.4, 0.5) is 5.00 Å². The van der Waals surface area contributed by atoms with Crippen molar-refractivity contribution in [3.8, 4) is 10.6 Å². The number of para-hydroxylation sites is 1. The molecule has 4 aromatic rings. The number of thiophene rings is 1. The van der Waals surface area contributed by atoms with E-state index in [9.17, 15) is 9.59 Å². The number of hydrogen-bond donors (Lipinski definition) is 1. The first-order valence-corrected chi connectivity index (χ1v) is 12.4. The van der Waals surface area contributed by atoms with Crippen molar-refractivity contribution in [2.24, 2.45) is 0 Å². The van der Waals surface area contributed by atoms with E-state index in [4.69, 9.17) is 9.72 Å². The molecule has 0 saturated heterocycles. The fourth-order valence-corrected chi connectivity index (χ4v) is 6.47. The number of amides is 1. The minimum Gasteiger partial charge on any atom is -0.465 e. The molecule has 5 rings (SSSR count). The number of esters is 1. The van der Waals surface area contributed by atoms with Gasteiger partial charge in [-0.1, -0.05) is 19.1 Å². The Hall–Kier alpha value is -3.07. The summed E-state index contributed by atoms with van der Waals surface area (Å²) < 4.78 is 5.87. The lowest BCUT2D eigenvalue weighted by Gasteiger charge is -2.25. The van der Waals surface area contributed by atoms with Gasteiger partial charge in [-0.25, -0.2) is 9.78 Å². The molecule has 0 bridgehead atoms. The average Bonchev–Trinajstić information content (AvgIpc) is 3.43. The van der Waals surface area contributed by atoms with Gasteiger partial charge in [-0.2, -0.15) is 0 Å². The second kappa shape index (κ2) is 9.05. The van der Waals surface area contributed by atoms with Crippen molar-refractivity contribution in [3.05, 3.63) is 70.1 Å². The Morgan fingerprint density at radius 1 is 1.09 bits per heavy atom. The SMILES string of the molecule is CCN1CCc2c(sc(NC(=O)c3ccc(C(=O)OC)cc3)c2-c2nc3ccccc3s2)C1. The highest BCUT2D eigenvalue weighted by Crippen LogP contribution is 2.45. The summed E-state index contributed by atoms with van der Waals surface area (Å²) in [6, 6.07) is 14.6. The lowest BCUT2D eigenvalue weighted by Crippen LogP contribution is -2.29. The zero-order valence-electron chi connectivity index (χ0n) is 18.4. The van der Waals surface area contributed by atoms with E-state index in [1.54, 1.807) is 46.9 Å². The summed E-state index contributed by atoms with van der Waals surface area (Å²) in [5.74, 6) is -0.633. The molecule has 0 spiro atoms. The maximum Gasteiger partial charge on any atom is 0.337 e. The molecule has 6 nitrogen and oxygen atoms in total. The molecule has 0 saturated carbocycles. The summed E-state index contributed by atoms with van der Waals surface area (Å²) in [7, 11) is 1.34. The van der Waals surface area contributed by atoms with E-state index in [0.717, 1.165) is 51.8 Å². The van der Waals surface area contributed by atoms with Crippen molar-refractivity contribution in [3.63, 3.8) is 0 Å². The van der Waals surface area contributed by atoms with Gasteiger partial charge < -0.3 is 10.1 Å². The molecule has 1 aliphatic rings. The van der Waals surface area contributed by atoms with Crippen LogP contribution >= 0.6 is 22.7 Å². The summed E-state index contributed by atoms with van der Waals surface area (Å²) in [5, 5.41) is 4.91. The number of nitrogens with one attached hydrogen (secondary N) is 1. The molecular formula is C25H23N3O3S2. The van der Waals surface area contributed by atoms with Crippen LogP contribution in [0.25, 0.3) is 20.8 Å². The number of benzene rings is 2. The van der Waals surface area contributed by atoms with E-state index in [2.05, 4.69) is 23.2 Å².